The van der Waals surface area contributed by atoms with Gasteiger partial charge in [0.1, 0.15) is 5.75 Å². The minimum Gasteiger partial charge on any atom is -0.494 e. The second kappa shape index (κ2) is 11.1. The van der Waals surface area contributed by atoms with E-state index in [0.717, 1.165) is 64.0 Å². The summed E-state index contributed by atoms with van der Waals surface area (Å²) in [6, 6.07) is 7.33. The standard InChI is InChI=1S/C17H28N2O2/c1-2-3-14-21-16-10-8-15(9-11-16)17(20)19-13-7-5-4-6-12-18/h8-11H,2-7,12-14,18H2,1H3,(H,19,20). The molecule has 0 aromatic heterocycles. The molecular formula is C17H28N2O2. The zero-order valence-corrected chi connectivity index (χ0v) is 13.1. The molecule has 0 aliphatic rings. The van der Waals surface area contributed by atoms with Gasteiger partial charge < -0.3 is 15.8 Å². The third kappa shape index (κ3) is 7.71. The molecular weight excluding hydrogens is 264 g/mol. The number of amides is 1. The first-order chi connectivity index (χ1) is 10.3. The molecule has 0 heterocycles. The monoisotopic (exact) mass is 292 g/mol. The van der Waals surface area contributed by atoms with Crippen LogP contribution in [0.2, 0.25) is 0 Å². The molecule has 0 fully saturated rings. The van der Waals surface area contributed by atoms with Gasteiger partial charge in [0.05, 0.1) is 6.61 Å². The molecule has 4 nitrogen and oxygen atoms in total. The Bertz CT molecular complexity index is 390. The molecule has 1 rings (SSSR count). The maximum Gasteiger partial charge on any atom is 0.251 e. The quantitative estimate of drug-likeness (QED) is 0.616. The zero-order chi connectivity index (χ0) is 15.3. The highest BCUT2D eigenvalue weighted by Gasteiger charge is 2.04. The van der Waals surface area contributed by atoms with Gasteiger partial charge in [0, 0.05) is 12.1 Å². The van der Waals surface area contributed by atoms with Gasteiger partial charge >= 0.3 is 0 Å². The molecule has 0 radical (unpaired) electrons. The highest BCUT2D eigenvalue weighted by Crippen LogP contribution is 2.12. The van der Waals surface area contributed by atoms with Crippen LogP contribution in [0.5, 0.6) is 5.75 Å². The number of nitrogens with one attached hydrogen (secondary N) is 1. The topological polar surface area (TPSA) is 64.3 Å². The Morgan fingerprint density at radius 3 is 2.48 bits per heavy atom. The number of hydrogen-bond acceptors (Lipinski definition) is 3. The molecule has 0 saturated heterocycles. The van der Waals surface area contributed by atoms with E-state index in [4.69, 9.17) is 10.5 Å². The van der Waals surface area contributed by atoms with Crippen molar-refractivity contribution in [2.24, 2.45) is 5.73 Å². The minimum absolute atomic E-state index is 0.0195. The molecule has 0 saturated carbocycles. The lowest BCUT2D eigenvalue weighted by Crippen LogP contribution is -2.24. The average molecular weight is 292 g/mol. The fourth-order valence-electron chi connectivity index (χ4n) is 1.96. The zero-order valence-electron chi connectivity index (χ0n) is 13.1. The molecule has 0 atom stereocenters. The Morgan fingerprint density at radius 1 is 1.10 bits per heavy atom. The third-order valence-corrected chi connectivity index (χ3v) is 3.30. The summed E-state index contributed by atoms with van der Waals surface area (Å²) in [7, 11) is 0. The predicted molar refractivity (Wildman–Crippen MR) is 86.7 cm³/mol. The number of benzene rings is 1. The van der Waals surface area contributed by atoms with E-state index < -0.39 is 0 Å². The molecule has 0 spiro atoms. The molecule has 21 heavy (non-hydrogen) atoms. The van der Waals surface area contributed by atoms with E-state index in [1.165, 1.54) is 0 Å². The van der Waals surface area contributed by atoms with Crippen molar-refractivity contribution in [2.45, 2.75) is 45.4 Å². The summed E-state index contributed by atoms with van der Waals surface area (Å²) in [5.74, 6) is 0.802. The van der Waals surface area contributed by atoms with Crippen LogP contribution in [-0.2, 0) is 0 Å². The summed E-state index contributed by atoms with van der Waals surface area (Å²) in [5, 5.41) is 2.94. The maximum atomic E-state index is 11.9. The van der Waals surface area contributed by atoms with Crippen LogP contribution < -0.4 is 15.8 Å². The summed E-state index contributed by atoms with van der Waals surface area (Å²) in [6.45, 7) is 4.33. The van der Waals surface area contributed by atoms with Gasteiger partial charge in [-0.15, -0.1) is 0 Å². The minimum atomic E-state index is -0.0195. The molecule has 1 aromatic carbocycles. The molecule has 1 aromatic rings. The van der Waals surface area contributed by atoms with Gasteiger partial charge in [-0.2, -0.15) is 0 Å². The first-order valence-electron chi connectivity index (χ1n) is 7.99. The lowest BCUT2D eigenvalue weighted by atomic mass is 10.2. The number of carbonyl (C=O) groups excluding carboxylic acids is 1. The summed E-state index contributed by atoms with van der Waals surface area (Å²) in [6.07, 6.45) is 6.48. The lowest BCUT2D eigenvalue weighted by molar-refractivity contribution is 0.0953. The van der Waals surface area contributed by atoms with E-state index in [1.54, 1.807) is 0 Å². The maximum absolute atomic E-state index is 11.9. The van der Waals surface area contributed by atoms with E-state index in [1.807, 2.05) is 24.3 Å². The van der Waals surface area contributed by atoms with Gasteiger partial charge in [0.15, 0.2) is 0 Å². The van der Waals surface area contributed by atoms with Crippen molar-refractivity contribution in [1.82, 2.24) is 5.32 Å². The number of rotatable bonds is 11. The number of ether oxygens (including phenoxy) is 1. The molecule has 4 heteroatoms. The molecule has 0 aliphatic carbocycles. The number of nitrogens with two attached hydrogens (primary N) is 1. The fourth-order valence-corrected chi connectivity index (χ4v) is 1.96. The first kappa shape index (κ1) is 17.5. The van der Waals surface area contributed by atoms with Crippen molar-refractivity contribution in [2.75, 3.05) is 19.7 Å². The second-order valence-corrected chi connectivity index (χ2v) is 5.19. The Labute approximate surface area is 128 Å². The number of unbranched alkanes of at least 4 members (excludes halogenated alkanes) is 4. The van der Waals surface area contributed by atoms with Gasteiger partial charge in [-0.25, -0.2) is 0 Å². The summed E-state index contributed by atoms with van der Waals surface area (Å²) < 4.78 is 5.58. The smallest absolute Gasteiger partial charge is 0.251 e. The van der Waals surface area contributed by atoms with E-state index in [0.29, 0.717) is 5.56 Å². The Balaban J connectivity index is 2.24. The average Bonchev–Trinajstić information content (AvgIpc) is 2.51. The molecule has 0 unspecified atom stereocenters. The lowest BCUT2D eigenvalue weighted by Gasteiger charge is -2.07. The van der Waals surface area contributed by atoms with Crippen LogP contribution in [0.4, 0.5) is 0 Å². The van der Waals surface area contributed by atoms with Crippen molar-refractivity contribution in [3.8, 4) is 5.75 Å². The number of carbonyl (C=O) groups is 1. The Morgan fingerprint density at radius 2 is 1.81 bits per heavy atom. The highest BCUT2D eigenvalue weighted by molar-refractivity contribution is 5.94. The summed E-state index contributed by atoms with van der Waals surface area (Å²) in [5.41, 5.74) is 6.12. The fraction of sp³-hybridized carbons (Fsp3) is 0.588. The van der Waals surface area contributed by atoms with E-state index in [9.17, 15) is 4.79 Å². The first-order valence-corrected chi connectivity index (χ1v) is 7.99. The van der Waals surface area contributed by atoms with Gasteiger partial charge in [-0.3, -0.25) is 4.79 Å². The van der Waals surface area contributed by atoms with Crippen LogP contribution >= 0.6 is 0 Å². The van der Waals surface area contributed by atoms with Gasteiger partial charge in [0.2, 0.25) is 0 Å². The third-order valence-electron chi connectivity index (χ3n) is 3.30. The summed E-state index contributed by atoms with van der Waals surface area (Å²) in [4.78, 5) is 11.9. The highest BCUT2D eigenvalue weighted by atomic mass is 16.5. The largest absolute Gasteiger partial charge is 0.494 e. The summed E-state index contributed by atoms with van der Waals surface area (Å²) >= 11 is 0. The molecule has 118 valence electrons. The van der Waals surface area contributed by atoms with Crippen molar-refractivity contribution < 1.29 is 9.53 Å². The van der Waals surface area contributed by atoms with Crippen LogP contribution in [-0.4, -0.2) is 25.6 Å². The Kier molecular flexibility index (Phi) is 9.29. The normalized spacial score (nSPS) is 10.4. The van der Waals surface area contributed by atoms with Crippen molar-refractivity contribution in [3.63, 3.8) is 0 Å². The molecule has 1 amide bonds. The van der Waals surface area contributed by atoms with Gasteiger partial charge in [0.25, 0.3) is 5.91 Å². The second-order valence-electron chi connectivity index (χ2n) is 5.19. The molecule has 0 aliphatic heterocycles. The van der Waals surface area contributed by atoms with Crippen LogP contribution in [0, 0.1) is 0 Å². The van der Waals surface area contributed by atoms with Crippen molar-refractivity contribution >= 4 is 5.91 Å². The molecule has 0 bridgehead atoms. The van der Waals surface area contributed by atoms with Crippen molar-refractivity contribution in [3.05, 3.63) is 29.8 Å². The Hall–Kier alpha value is -1.55. The van der Waals surface area contributed by atoms with Gasteiger partial charge in [-0.05, 0) is 50.1 Å². The van der Waals surface area contributed by atoms with Crippen LogP contribution in [0.3, 0.4) is 0 Å². The molecule has 3 N–H and O–H groups in total. The van der Waals surface area contributed by atoms with Crippen LogP contribution in [0.15, 0.2) is 24.3 Å². The van der Waals surface area contributed by atoms with Crippen LogP contribution in [0.1, 0.15) is 55.8 Å². The van der Waals surface area contributed by atoms with Crippen molar-refractivity contribution in [1.29, 1.82) is 0 Å². The predicted octanol–water partition coefficient (Wildman–Crippen LogP) is 3.11. The van der Waals surface area contributed by atoms with E-state index in [2.05, 4.69) is 12.2 Å². The number of hydrogen-bond donors (Lipinski definition) is 2. The van der Waals surface area contributed by atoms with E-state index >= 15 is 0 Å². The van der Waals surface area contributed by atoms with Gasteiger partial charge in [-0.1, -0.05) is 26.2 Å². The van der Waals surface area contributed by atoms with E-state index in [-0.39, 0.29) is 5.91 Å². The SMILES string of the molecule is CCCCOc1ccc(C(=O)NCCCCCCN)cc1. The van der Waals surface area contributed by atoms with Crippen LogP contribution in [0.25, 0.3) is 0 Å².